The normalized spacial score (nSPS) is 18.5. The lowest BCUT2D eigenvalue weighted by molar-refractivity contribution is -0.137. The number of amides is 1. The summed E-state index contributed by atoms with van der Waals surface area (Å²) in [5.74, 6) is -2.64. The van der Waals surface area contributed by atoms with Crippen LogP contribution in [0, 0.1) is 11.6 Å². The average molecular weight is 551 g/mol. The van der Waals surface area contributed by atoms with Gasteiger partial charge in [0, 0.05) is 36.8 Å². The van der Waals surface area contributed by atoms with Crippen LogP contribution in [0.25, 0.3) is 0 Å². The molecule has 0 spiro atoms. The van der Waals surface area contributed by atoms with Crippen LogP contribution in [0.2, 0.25) is 0 Å². The number of carbonyl (C=O) groups excluding carboxylic acids is 1. The molecule has 7 nitrogen and oxygen atoms in total. The number of ether oxygens (including phenoxy) is 1. The molecule has 2 aromatic heterocycles. The summed E-state index contributed by atoms with van der Waals surface area (Å²) in [5, 5.41) is 15.0. The molecule has 39 heavy (non-hydrogen) atoms. The molecule has 3 N–H and O–H groups in total. The summed E-state index contributed by atoms with van der Waals surface area (Å²) in [7, 11) is 0. The SMILES string of the molecule is O=C(C[C@@H](c1ccc(F)cc1)c1cncc(C(F)(F)F)c1)Nc1cncc(F)c1CC[C@@H]1CN[C@H](CO)CO1. The summed E-state index contributed by atoms with van der Waals surface area (Å²) < 4.78 is 73.9. The van der Waals surface area contributed by atoms with Gasteiger partial charge in [-0.2, -0.15) is 13.2 Å². The predicted octanol–water partition coefficient (Wildman–Crippen LogP) is 4.22. The molecule has 0 aliphatic carbocycles. The molecule has 3 atom stereocenters. The Kier molecular flexibility index (Phi) is 9.20. The Bertz CT molecular complexity index is 1270. The summed E-state index contributed by atoms with van der Waals surface area (Å²) in [6.45, 7) is 0.736. The van der Waals surface area contributed by atoms with Crippen molar-refractivity contribution in [1.82, 2.24) is 15.3 Å². The van der Waals surface area contributed by atoms with E-state index >= 15 is 0 Å². The monoisotopic (exact) mass is 550 g/mol. The highest BCUT2D eigenvalue weighted by molar-refractivity contribution is 5.92. The Morgan fingerprint density at radius 3 is 2.51 bits per heavy atom. The lowest BCUT2D eigenvalue weighted by atomic mass is 9.88. The third kappa shape index (κ3) is 7.55. The van der Waals surface area contributed by atoms with E-state index in [4.69, 9.17) is 4.74 Å². The van der Waals surface area contributed by atoms with Gasteiger partial charge < -0.3 is 20.5 Å². The van der Waals surface area contributed by atoms with Crippen molar-refractivity contribution in [2.45, 2.75) is 43.5 Å². The molecular formula is C27H27F5N4O3. The van der Waals surface area contributed by atoms with E-state index in [1.165, 1.54) is 24.5 Å². The van der Waals surface area contributed by atoms with Crippen molar-refractivity contribution in [3.63, 3.8) is 0 Å². The Morgan fingerprint density at radius 2 is 1.85 bits per heavy atom. The third-order valence-electron chi connectivity index (χ3n) is 6.53. The van der Waals surface area contributed by atoms with E-state index < -0.39 is 35.2 Å². The van der Waals surface area contributed by atoms with Crippen LogP contribution in [0.3, 0.4) is 0 Å². The van der Waals surface area contributed by atoms with Gasteiger partial charge in [-0.15, -0.1) is 0 Å². The molecule has 4 rings (SSSR count). The first kappa shape index (κ1) is 28.5. The summed E-state index contributed by atoms with van der Waals surface area (Å²) >= 11 is 0. The minimum absolute atomic E-state index is 0.0582. The van der Waals surface area contributed by atoms with Crippen molar-refractivity contribution in [3.8, 4) is 0 Å². The zero-order valence-electron chi connectivity index (χ0n) is 20.7. The van der Waals surface area contributed by atoms with Gasteiger partial charge in [0.15, 0.2) is 0 Å². The summed E-state index contributed by atoms with van der Waals surface area (Å²) in [5.41, 5.74) is -0.100. The lowest BCUT2D eigenvalue weighted by Crippen LogP contribution is -2.48. The number of carbonyl (C=O) groups is 1. The van der Waals surface area contributed by atoms with Gasteiger partial charge in [0.2, 0.25) is 5.91 Å². The summed E-state index contributed by atoms with van der Waals surface area (Å²) in [6.07, 6.45) is -0.279. The van der Waals surface area contributed by atoms with Crippen molar-refractivity contribution in [1.29, 1.82) is 0 Å². The molecule has 1 aliphatic rings. The van der Waals surface area contributed by atoms with Crippen LogP contribution in [0.4, 0.5) is 27.6 Å². The number of anilines is 1. The fourth-order valence-electron chi connectivity index (χ4n) is 4.41. The van der Waals surface area contributed by atoms with Gasteiger partial charge in [0.25, 0.3) is 0 Å². The maximum Gasteiger partial charge on any atom is 0.417 e. The zero-order chi connectivity index (χ0) is 28.0. The molecule has 1 aromatic carbocycles. The number of aromatic nitrogens is 2. The van der Waals surface area contributed by atoms with Crippen LogP contribution < -0.4 is 10.6 Å². The van der Waals surface area contributed by atoms with Crippen molar-refractivity contribution in [2.24, 2.45) is 0 Å². The molecule has 0 unspecified atom stereocenters. The second kappa shape index (κ2) is 12.6. The van der Waals surface area contributed by atoms with E-state index in [0.29, 0.717) is 31.3 Å². The van der Waals surface area contributed by atoms with Gasteiger partial charge in [-0.1, -0.05) is 12.1 Å². The number of aliphatic hydroxyl groups is 1. The van der Waals surface area contributed by atoms with Crippen LogP contribution in [-0.2, 0) is 22.1 Å². The predicted molar refractivity (Wildman–Crippen MR) is 132 cm³/mol. The number of pyridine rings is 2. The van der Waals surface area contributed by atoms with Gasteiger partial charge in [0.1, 0.15) is 11.6 Å². The fraction of sp³-hybridized carbons (Fsp3) is 0.370. The number of nitrogens with zero attached hydrogens (tertiary/aromatic N) is 2. The third-order valence-corrected chi connectivity index (χ3v) is 6.53. The number of aliphatic hydroxyl groups excluding tert-OH is 1. The number of alkyl halides is 3. The second-order valence-electron chi connectivity index (χ2n) is 9.29. The molecule has 1 saturated heterocycles. The van der Waals surface area contributed by atoms with Gasteiger partial charge in [-0.05, 0) is 42.2 Å². The van der Waals surface area contributed by atoms with E-state index in [2.05, 4.69) is 20.6 Å². The number of hydrogen-bond acceptors (Lipinski definition) is 6. The smallest absolute Gasteiger partial charge is 0.395 e. The summed E-state index contributed by atoms with van der Waals surface area (Å²) in [6, 6.07) is 5.84. The van der Waals surface area contributed by atoms with Crippen molar-refractivity contribution in [2.75, 3.05) is 25.1 Å². The number of nitrogens with one attached hydrogen (secondary N) is 2. The molecule has 1 fully saturated rings. The molecule has 3 aromatic rings. The van der Waals surface area contributed by atoms with Crippen LogP contribution in [0.1, 0.15) is 41.0 Å². The van der Waals surface area contributed by atoms with E-state index in [-0.39, 0.29) is 48.4 Å². The highest BCUT2D eigenvalue weighted by atomic mass is 19.4. The highest BCUT2D eigenvalue weighted by Crippen LogP contribution is 2.34. The highest BCUT2D eigenvalue weighted by Gasteiger charge is 2.32. The van der Waals surface area contributed by atoms with Gasteiger partial charge in [-0.25, -0.2) is 8.78 Å². The molecule has 0 bridgehead atoms. The Morgan fingerprint density at radius 1 is 1.10 bits per heavy atom. The number of benzene rings is 1. The largest absolute Gasteiger partial charge is 0.417 e. The number of halogens is 5. The van der Waals surface area contributed by atoms with Crippen LogP contribution >= 0.6 is 0 Å². The van der Waals surface area contributed by atoms with Crippen molar-refractivity contribution < 1.29 is 36.6 Å². The maximum atomic E-state index is 14.7. The first-order valence-electron chi connectivity index (χ1n) is 12.3. The molecule has 208 valence electrons. The van der Waals surface area contributed by atoms with Crippen LogP contribution in [-0.4, -0.2) is 52.9 Å². The van der Waals surface area contributed by atoms with Gasteiger partial charge >= 0.3 is 6.18 Å². The Balaban J connectivity index is 1.52. The number of morpholine rings is 1. The molecular weight excluding hydrogens is 523 g/mol. The Labute approximate surface area is 221 Å². The first-order valence-corrected chi connectivity index (χ1v) is 12.3. The molecule has 0 radical (unpaired) electrons. The van der Waals surface area contributed by atoms with E-state index in [9.17, 15) is 31.9 Å². The quantitative estimate of drug-likeness (QED) is 0.346. The van der Waals surface area contributed by atoms with Crippen LogP contribution in [0.15, 0.2) is 55.1 Å². The molecule has 1 amide bonds. The molecule has 3 heterocycles. The lowest BCUT2D eigenvalue weighted by Gasteiger charge is -2.29. The average Bonchev–Trinajstić information content (AvgIpc) is 2.92. The minimum atomic E-state index is -4.64. The maximum absolute atomic E-state index is 14.7. The van der Waals surface area contributed by atoms with E-state index in [1.54, 1.807) is 0 Å². The fourth-order valence-corrected chi connectivity index (χ4v) is 4.41. The topological polar surface area (TPSA) is 96.4 Å². The standard InChI is InChI=1S/C27H27F5N4O3/c28-19-3-1-16(2-4-19)23(17-7-18(10-33-9-17)27(30,31)32)8-26(38)36-25-13-34-12-24(29)22(25)6-5-21-11-35-20(14-37)15-39-21/h1-4,7,9-10,12-13,20-21,23,35,37H,5-6,8,11,14-15H2,(H,36,38)/t20-,21-,23+/m1/s1. The molecule has 0 saturated carbocycles. The van der Waals surface area contributed by atoms with Crippen molar-refractivity contribution in [3.05, 3.63) is 89.0 Å². The molecule has 1 aliphatic heterocycles. The van der Waals surface area contributed by atoms with Crippen LogP contribution in [0.5, 0.6) is 0 Å². The zero-order valence-corrected chi connectivity index (χ0v) is 20.7. The van der Waals surface area contributed by atoms with E-state index in [1.807, 2.05) is 0 Å². The van der Waals surface area contributed by atoms with Crippen molar-refractivity contribution >= 4 is 11.6 Å². The Hall–Kier alpha value is -3.48. The van der Waals surface area contributed by atoms with E-state index in [0.717, 1.165) is 24.4 Å². The molecule has 12 heteroatoms. The number of hydrogen-bond donors (Lipinski definition) is 3. The summed E-state index contributed by atoms with van der Waals surface area (Å²) in [4.78, 5) is 20.6. The van der Waals surface area contributed by atoms with Gasteiger partial charge in [-0.3, -0.25) is 14.8 Å². The minimum Gasteiger partial charge on any atom is -0.395 e. The first-order chi connectivity index (χ1) is 18.6. The second-order valence-corrected chi connectivity index (χ2v) is 9.29. The van der Waals surface area contributed by atoms with Gasteiger partial charge in [0.05, 0.1) is 49.0 Å². The number of rotatable bonds is 9.